The van der Waals surface area contributed by atoms with Crippen LogP contribution in [0.5, 0.6) is 0 Å². The molecule has 0 saturated carbocycles. The van der Waals surface area contributed by atoms with Crippen molar-refractivity contribution in [2.75, 3.05) is 19.6 Å². The number of nitrogens with zero attached hydrogens (tertiary/aromatic N) is 1. The van der Waals surface area contributed by atoms with E-state index >= 15 is 0 Å². The molecule has 108 valence electrons. The summed E-state index contributed by atoms with van der Waals surface area (Å²) in [5.74, 6) is 0. The van der Waals surface area contributed by atoms with Gasteiger partial charge >= 0.3 is 0 Å². The van der Waals surface area contributed by atoms with Crippen LogP contribution in [0, 0.1) is 5.41 Å². The molecule has 1 aliphatic rings. The maximum absolute atomic E-state index is 12.5. The molecule has 1 aliphatic heterocycles. The fraction of sp³-hybridized carbons (Fsp3) is 0.692. The minimum absolute atomic E-state index is 0.256. The average Bonchev–Trinajstić information content (AvgIpc) is 2.78. The van der Waals surface area contributed by atoms with Crippen LogP contribution in [0.25, 0.3) is 0 Å². The first-order valence-corrected chi connectivity index (χ1v) is 8.90. The smallest absolute Gasteiger partial charge is 0.252 e. The average molecular weight is 302 g/mol. The third-order valence-electron chi connectivity index (χ3n) is 3.70. The van der Waals surface area contributed by atoms with Gasteiger partial charge in [-0.1, -0.05) is 13.8 Å². The maximum Gasteiger partial charge on any atom is 0.252 e. The monoisotopic (exact) mass is 302 g/mol. The minimum Gasteiger partial charge on any atom is -0.330 e. The SMILES string of the molecule is CC1(C)CCN(S(=O)(=O)c2ccc(CCN)s2)CC1. The highest BCUT2D eigenvalue weighted by Crippen LogP contribution is 2.33. The molecule has 0 atom stereocenters. The summed E-state index contributed by atoms with van der Waals surface area (Å²) in [6.45, 7) is 6.19. The maximum atomic E-state index is 12.5. The molecule has 2 rings (SSSR count). The highest BCUT2D eigenvalue weighted by molar-refractivity contribution is 7.91. The van der Waals surface area contributed by atoms with Gasteiger partial charge in [-0.25, -0.2) is 8.42 Å². The predicted octanol–water partition coefficient (Wildman–Crippen LogP) is 2.06. The first-order chi connectivity index (χ1) is 8.85. The largest absolute Gasteiger partial charge is 0.330 e. The lowest BCUT2D eigenvalue weighted by Crippen LogP contribution is -2.40. The second-order valence-electron chi connectivity index (χ2n) is 5.83. The number of piperidine rings is 1. The third-order valence-corrected chi connectivity index (χ3v) is 7.21. The molecular formula is C13H22N2O2S2. The van der Waals surface area contributed by atoms with Crippen molar-refractivity contribution in [3.05, 3.63) is 17.0 Å². The van der Waals surface area contributed by atoms with Gasteiger partial charge in [-0.15, -0.1) is 11.3 Å². The number of thiophene rings is 1. The summed E-state index contributed by atoms with van der Waals surface area (Å²) in [6, 6.07) is 3.59. The van der Waals surface area contributed by atoms with Crippen molar-refractivity contribution >= 4 is 21.4 Å². The van der Waals surface area contributed by atoms with Crippen LogP contribution in [-0.4, -0.2) is 32.4 Å². The van der Waals surface area contributed by atoms with E-state index in [-0.39, 0.29) is 5.41 Å². The van der Waals surface area contributed by atoms with Crippen molar-refractivity contribution in [2.45, 2.75) is 37.3 Å². The number of nitrogens with two attached hydrogens (primary N) is 1. The van der Waals surface area contributed by atoms with Crippen molar-refractivity contribution in [1.29, 1.82) is 0 Å². The summed E-state index contributed by atoms with van der Waals surface area (Å²) in [5.41, 5.74) is 5.75. The second kappa shape index (κ2) is 5.52. The molecule has 4 nitrogen and oxygen atoms in total. The zero-order valence-corrected chi connectivity index (χ0v) is 13.2. The van der Waals surface area contributed by atoms with Crippen molar-refractivity contribution in [2.24, 2.45) is 11.1 Å². The van der Waals surface area contributed by atoms with E-state index in [1.807, 2.05) is 6.07 Å². The summed E-state index contributed by atoms with van der Waals surface area (Å²) < 4.78 is 27.1. The predicted molar refractivity (Wildman–Crippen MR) is 78.9 cm³/mol. The topological polar surface area (TPSA) is 63.4 Å². The Morgan fingerprint density at radius 2 is 1.95 bits per heavy atom. The van der Waals surface area contributed by atoms with E-state index in [4.69, 9.17) is 5.73 Å². The summed E-state index contributed by atoms with van der Waals surface area (Å²) in [7, 11) is -3.30. The van der Waals surface area contributed by atoms with Crippen LogP contribution in [0.1, 0.15) is 31.6 Å². The molecule has 19 heavy (non-hydrogen) atoms. The van der Waals surface area contributed by atoms with Crippen molar-refractivity contribution in [1.82, 2.24) is 4.31 Å². The fourth-order valence-electron chi connectivity index (χ4n) is 2.23. The Bertz CT molecular complexity index is 525. The molecule has 0 amide bonds. The Morgan fingerprint density at radius 3 is 2.53 bits per heavy atom. The molecule has 6 heteroatoms. The van der Waals surface area contributed by atoms with Crippen molar-refractivity contribution in [3.8, 4) is 0 Å². The van der Waals surface area contributed by atoms with E-state index in [2.05, 4.69) is 13.8 Å². The molecule has 1 aromatic heterocycles. The van der Waals surface area contributed by atoms with Crippen molar-refractivity contribution < 1.29 is 8.42 Å². The Balaban J connectivity index is 2.13. The molecule has 2 N–H and O–H groups in total. The van der Waals surface area contributed by atoms with Crippen LogP contribution in [0.2, 0.25) is 0 Å². The van der Waals surface area contributed by atoms with Gasteiger partial charge in [0.05, 0.1) is 0 Å². The zero-order valence-electron chi connectivity index (χ0n) is 11.6. The fourth-order valence-corrected chi connectivity index (χ4v) is 5.20. The van der Waals surface area contributed by atoms with E-state index < -0.39 is 10.0 Å². The molecule has 0 bridgehead atoms. The van der Waals surface area contributed by atoms with E-state index in [9.17, 15) is 8.42 Å². The number of hydrogen-bond donors (Lipinski definition) is 1. The van der Waals surface area contributed by atoms with Crippen LogP contribution in [-0.2, 0) is 16.4 Å². The van der Waals surface area contributed by atoms with Gasteiger partial charge < -0.3 is 5.73 Å². The summed E-state index contributed by atoms with van der Waals surface area (Å²) >= 11 is 1.35. The second-order valence-corrected chi connectivity index (χ2v) is 9.16. The first-order valence-electron chi connectivity index (χ1n) is 6.64. The van der Waals surface area contributed by atoms with Gasteiger partial charge in [0.2, 0.25) is 0 Å². The van der Waals surface area contributed by atoms with Gasteiger partial charge in [-0.05, 0) is 43.4 Å². The van der Waals surface area contributed by atoms with Crippen LogP contribution in [0.4, 0.5) is 0 Å². The van der Waals surface area contributed by atoms with Gasteiger partial charge in [0.1, 0.15) is 4.21 Å². The quantitative estimate of drug-likeness (QED) is 0.926. The lowest BCUT2D eigenvalue weighted by atomic mass is 9.83. The number of hydrogen-bond acceptors (Lipinski definition) is 4. The first kappa shape index (κ1) is 15.0. The van der Waals surface area contributed by atoms with Crippen LogP contribution in [0.3, 0.4) is 0 Å². The minimum atomic E-state index is -3.30. The highest BCUT2D eigenvalue weighted by Gasteiger charge is 2.33. The molecule has 0 aliphatic carbocycles. The van der Waals surface area contributed by atoms with Gasteiger partial charge in [0.15, 0.2) is 0 Å². The van der Waals surface area contributed by atoms with E-state index in [1.165, 1.54) is 11.3 Å². The molecule has 0 unspecified atom stereocenters. The molecule has 0 spiro atoms. The zero-order chi connectivity index (χ0) is 14.1. The normalized spacial score (nSPS) is 20.6. The van der Waals surface area contributed by atoms with E-state index in [1.54, 1.807) is 10.4 Å². The molecule has 1 aromatic rings. The van der Waals surface area contributed by atoms with E-state index in [0.717, 1.165) is 24.1 Å². The lowest BCUT2D eigenvalue weighted by Gasteiger charge is -2.35. The number of sulfonamides is 1. The number of rotatable bonds is 4. The molecule has 0 aromatic carbocycles. The molecule has 1 saturated heterocycles. The Labute approximate surface area is 119 Å². The van der Waals surface area contributed by atoms with Crippen LogP contribution in [0.15, 0.2) is 16.3 Å². The Morgan fingerprint density at radius 1 is 1.32 bits per heavy atom. The van der Waals surface area contributed by atoms with Crippen LogP contribution >= 0.6 is 11.3 Å². The van der Waals surface area contributed by atoms with Gasteiger partial charge in [-0.2, -0.15) is 4.31 Å². The Hall–Kier alpha value is -0.430. The standard InChI is InChI=1S/C13H22N2O2S2/c1-13(2)6-9-15(10-7-13)19(16,17)12-4-3-11(18-12)5-8-14/h3-4H,5-10,14H2,1-2H3. The summed E-state index contributed by atoms with van der Waals surface area (Å²) in [5, 5.41) is 0. The molecule has 2 heterocycles. The van der Waals surface area contributed by atoms with Gasteiger partial charge in [0.25, 0.3) is 10.0 Å². The summed E-state index contributed by atoms with van der Waals surface area (Å²) in [4.78, 5) is 1.04. The van der Waals surface area contributed by atoms with E-state index in [0.29, 0.717) is 23.8 Å². The molecule has 0 radical (unpaired) electrons. The third kappa shape index (κ3) is 3.37. The van der Waals surface area contributed by atoms with Crippen molar-refractivity contribution in [3.63, 3.8) is 0 Å². The lowest BCUT2D eigenvalue weighted by molar-refractivity contribution is 0.196. The Kier molecular flexibility index (Phi) is 4.35. The molecular weight excluding hydrogens is 280 g/mol. The summed E-state index contributed by atoms with van der Waals surface area (Å²) in [6.07, 6.45) is 2.59. The highest BCUT2D eigenvalue weighted by atomic mass is 32.2. The van der Waals surface area contributed by atoms with Gasteiger partial charge in [-0.3, -0.25) is 0 Å². The molecule has 1 fully saturated rings. The van der Waals surface area contributed by atoms with Crippen LogP contribution < -0.4 is 5.73 Å². The van der Waals surface area contributed by atoms with Gasteiger partial charge in [0, 0.05) is 18.0 Å².